The summed E-state index contributed by atoms with van der Waals surface area (Å²) >= 11 is 0. The molecule has 3 aliphatic rings. The molecule has 2 spiro atoms. The van der Waals surface area contributed by atoms with Gasteiger partial charge in [0.2, 0.25) is 0 Å². The van der Waals surface area contributed by atoms with Gasteiger partial charge in [-0.15, -0.1) is 0 Å². The van der Waals surface area contributed by atoms with Gasteiger partial charge in [-0.1, -0.05) is 0 Å². The molecule has 8 nitrogen and oxygen atoms in total. The number of aliphatic hydroxyl groups is 2. The molecule has 0 aromatic heterocycles. The van der Waals surface area contributed by atoms with Gasteiger partial charge in [-0.25, -0.2) is 0 Å². The van der Waals surface area contributed by atoms with Crippen LogP contribution in [0.2, 0.25) is 0 Å². The van der Waals surface area contributed by atoms with Crippen LogP contribution in [0, 0.1) is 0 Å². The van der Waals surface area contributed by atoms with Crippen molar-refractivity contribution in [3.05, 3.63) is 0 Å². The molecule has 0 bridgehead atoms. The van der Waals surface area contributed by atoms with Crippen LogP contribution in [0.4, 0.5) is 0 Å². The zero-order valence-corrected chi connectivity index (χ0v) is 17.8. The van der Waals surface area contributed by atoms with E-state index >= 15 is 0 Å². The van der Waals surface area contributed by atoms with Crippen LogP contribution in [0.3, 0.4) is 0 Å². The molecule has 0 radical (unpaired) electrons. The molecule has 0 aromatic carbocycles. The quantitative estimate of drug-likeness (QED) is 0.553. The second-order valence-electron chi connectivity index (χ2n) is 10.6. The summed E-state index contributed by atoms with van der Waals surface area (Å²) in [6.07, 6.45) is 2.62. The van der Waals surface area contributed by atoms with Crippen molar-refractivity contribution in [3.63, 3.8) is 0 Å². The predicted molar refractivity (Wildman–Crippen MR) is 101 cm³/mol. The third-order valence-electron chi connectivity index (χ3n) is 5.84. The number of carbonyl (C=O) groups excluding carboxylic acids is 2. The Morgan fingerprint density at radius 3 is 1.18 bits per heavy atom. The van der Waals surface area contributed by atoms with Gasteiger partial charge in [0, 0.05) is 11.1 Å². The van der Waals surface area contributed by atoms with Gasteiger partial charge in [-0.3, -0.25) is 9.59 Å². The van der Waals surface area contributed by atoms with Crippen LogP contribution in [-0.2, 0) is 19.1 Å². The summed E-state index contributed by atoms with van der Waals surface area (Å²) in [5.41, 5.74) is -4.11. The summed E-state index contributed by atoms with van der Waals surface area (Å²) in [7, 11) is 0. The van der Waals surface area contributed by atoms with Crippen molar-refractivity contribution >= 4 is 11.8 Å². The maximum atomic E-state index is 13.0. The smallest absolute Gasteiger partial charge is 0.283 e. The Labute approximate surface area is 166 Å². The van der Waals surface area contributed by atoms with E-state index in [1.54, 1.807) is 41.5 Å². The summed E-state index contributed by atoms with van der Waals surface area (Å²) in [6, 6.07) is 0. The normalized spacial score (nSPS) is 33.7. The van der Waals surface area contributed by atoms with Gasteiger partial charge in [0.05, 0.1) is 0 Å². The minimum atomic E-state index is -2.27. The summed E-state index contributed by atoms with van der Waals surface area (Å²) in [5, 5.41) is 28.4. The number of rotatable bonds is 2. The highest BCUT2D eigenvalue weighted by atomic mass is 16.8. The zero-order chi connectivity index (χ0) is 21.2. The highest BCUT2D eigenvalue weighted by molar-refractivity contribution is 5.89. The first kappa shape index (κ1) is 21.5. The summed E-state index contributed by atoms with van der Waals surface area (Å²) < 4.78 is 12.0. The van der Waals surface area contributed by atoms with E-state index in [2.05, 4.69) is 10.6 Å². The van der Waals surface area contributed by atoms with Crippen molar-refractivity contribution in [1.29, 1.82) is 0 Å². The molecule has 4 N–H and O–H groups in total. The Morgan fingerprint density at radius 1 is 0.714 bits per heavy atom. The number of hydrogen-bond donors (Lipinski definition) is 4. The standard InChI is InChI=1S/C20H34N2O6/c1-15(2,3)21-13(23)19(25)17(9-7-10-17)28-20(26,14(24)22-16(4,5)6)18(27-19)11-8-12-18/h25-26H,7-12H2,1-6H3,(H,21,23)(H,22,24)/t19-,20-/m1/s1. The molecule has 3 rings (SSSR count). The van der Waals surface area contributed by atoms with Gasteiger partial charge in [0.25, 0.3) is 23.4 Å². The van der Waals surface area contributed by atoms with Gasteiger partial charge in [-0.05, 0) is 80.1 Å². The highest BCUT2D eigenvalue weighted by Crippen LogP contribution is 2.59. The molecule has 0 unspecified atom stereocenters. The van der Waals surface area contributed by atoms with Gasteiger partial charge < -0.3 is 30.3 Å². The van der Waals surface area contributed by atoms with Crippen molar-refractivity contribution in [1.82, 2.24) is 10.6 Å². The Morgan fingerprint density at radius 2 is 1.00 bits per heavy atom. The lowest BCUT2D eigenvalue weighted by Gasteiger charge is -2.65. The summed E-state index contributed by atoms with van der Waals surface area (Å²) in [6.45, 7) is 10.8. The van der Waals surface area contributed by atoms with Crippen LogP contribution in [0.15, 0.2) is 0 Å². The monoisotopic (exact) mass is 398 g/mol. The number of nitrogens with one attached hydrogen (secondary N) is 2. The molecule has 160 valence electrons. The SMILES string of the molecule is CC(C)(C)NC(=O)[C@@]1(O)OC2(CCC2)[C@@](O)(C(=O)NC(C)(C)C)OC12CCC2. The maximum Gasteiger partial charge on any atom is 0.283 e. The molecular weight excluding hydrogens is 364 g/mol. The van der Waals surface area contributed by atoms with E-state index in [1.807, 2.05) is 0 Å². The lowest BCUT2D eigenvalue weighted by Crippen LogP contribution is -2.84. The highest BCUT2D eigenvalue weighted by Gasteiger charge is 2.77. The number of hydrogen-bond acceptors (Lipinski definition) is 6. The summed E-state index contributed by atoms with van der Waals surface area (Å²) in [5.74, 6) is -5.95. The number of carbonyl (C=O) groups is 2. The molecule has 2 amide bonds. The van der Waals surface area contributed by atoms with E-state index in [9.17, 15) is 19.8 Å². The Bertz CT molecular complexity index is 613. The van der Waals surface area contributed by atoms with Crippen LogP contribution in [0.5, 0.6) is 0 Å². The Hall–Kier alpha value is -1.22. The van der Waals surface area contributed by atoms with Crippen molar-refractivity contribution < 1.29 is 29.3 Å². The number of amides is 2. The first-order chi connectivity index (χ1) is 12.6. The van der Waals surface area contributed by atoms with Crippen molar-refractivity contribution in [3.8, 4) is 0 Å². The van der Waals surface area contributed by atoms with Crippen LogP contribution in [0.25, 0.3) is 0 Å². The average Bonchev–Trinajstić information content (AvgIpc) is 2.42. The Kier molecular flexibility index (Phi) is 4.71. The van der Waals surface area contributed by atoms with E-state index in [-0.39, 0.29) is 0 Å². The maximum absolute atomic E-state index is 13.0. The fraction of sp³-hybridized carbons (Fsp3) is 0.900. The van der Waals surface area contributed by atoms with E-state index in [0.717, 1.165) is 0 Å². The number of ether oxygens (including phenoxy) is 2. The van der Waals surface area contributed by atoms with Crippen LogP contribution < -0.4 is 10.6 Å². The lowest BCUT2D eigenvalue weighted by molar-refractivity contribution is -0.483. The van der Waals surface area contributed by atoms with Crippen LogP contribution in [-0.4, -0.2) is 55.9 Å². The van der Waals surface area contributed by atoms with E-state index in [1.165, 1.54) is 0 Å². The molecule has 3 fully saturated rings. The van der Waals surface area contributed by atoms with E-state index in [0.29, 0.717) is 38.5 Å². The lowest BCUT2D eigenvalue weighted by atomic mass is 9.66. The predicted octanol–water partition coefficient (Wildman–Crippen LogP) is 1.09. The largest absolute Gasteiger partial charge is 0.356 e. The third kappa shape index (κ3) is 3.14. The van der Waals surface area contributed by atoms with Crippen molar-refractivity contribution in [2.45, 2.75) is 114 Å². The average molecular weight is 399 g/mol. The van der Waals surface area contributed by atoms with Crippen molar-refractivity contribution in [2.24, 2.45) is 0 Å². The first-order valence-electron chi connectivity index (χ1n) is 10.1. The fourth-order valence-corrected chi connectivity index (χ4v) is 4.12. The van der Waals surface area contributed by atoms with Gasteiger partial charge in [0.15, 0.2) is 0 Å². The molecule has 28 heavy (non-hydrogen) atoms. The molecule has 8 heteroatoms. The third-order valence-corrected chi connectivity index (χ3v) is 5.84. The van der Waals surface area contributed by atoms with Crippen LogP contribution in [0.1, 0.15) is 80.1 Å². The zero-order valence-electron chi connectivity index (χ0n) is 17.8. The Balaban J connectivity index is 1.99. The molecule has 1 saturated heterocycles. The molecule has 0 aromatic rings. The van der Waals surface area contributed by atoms with Crippen LogP contribution >= 0.6 is 0 Å². The van der Waals surface area contributed by atoms with E-state index in [4.69, 9.17) is 9.47 Å². The molecule has 1 heterocycles. The fourth-order valence-electron chi connectivity index (χ4n) is 4.12. The van der Waals surface area contributed by atoms with E-state index < -0.39 is 45.7 Å². The minimum absolute atomic E-state index is 0.308. The second kappa shape index (κ2) is 6.14. The second-order valence-corrected chi connectivity index (χ2v) is 10.6. The van der Waals surface area contributed by atoms with Crippen molar-refractivity contribution in [2.75, 3.05) is 0 Å². The summed E-state index contributed by atoms with van der Waals surface area (Å²) in [4.78, 5) is 26.1. The molecule has 2 aliphatic carbocycles. The molecule has 2 atom stereocenters. The first-order valence-corrected chi connectivity index (χ1v) is 10.1. The van der Waals surface area contributed by atoms with Gasteiger partial charge in [0.1, 0.15) is 11.2 Å². The molecule has 1 aliphatic heterocycles. The van der Waals surface area contributed by atoms with Gasteiger partial charge >= 0.3 is 0 Å². The molecular formula is C20H34N2O6. The topological polar surface area (TPSA) is 117 Å². The minimum Gasteiger partial charge on any atom is -0.356 e. The van der Waals surface area contributed by atoms with Gasteiger partial charge in [-0.2, -0.15) is 0 Å². The molecule has 2 saturated carbocycles.